The molecule has 0 saturated heterocycles. The van der Waals surface area contributed by atoms with Crippen molar-refractivity contribution >= 4 is 46.8 Å². The van der Waals surface area contributed by atoms with Gasteiger partial charge >= 0.3 is 0 Å². The summed E-state index contributed by atoms with van der Waals surface area (Å²) in [6.07, 6.45) is 3.22. The van der Waals surface area contributed by atoms with Gasteiger partial charge in [-0.05, 0) is 48.4 Å². The molecule has 0 radical (unpaired) electrons. The van der Waals surface area contributed by atoms with Gasteiger partial charge in [0.15, 0.2) is 0 Å². The molecule has 0 aliphatic heterocycles. The lowest BCUT2D eigenvalue weighted by Gasteiger charge is -2.08. The molecule has 152 valence electrons. The number of ether oxygens (including phenoxy) is 1. The van der Waals surface area contributed by atoms with E-state index in [2.05, 4.69) is 10.9 Å². The van der Waals surface area contributed by atoms with Crippen LogP contribution in [0, 0.1) is 10.1 Å². The maximum absolute atomic E-state index is 11.7. The van der Waals surface area contributed by atoms with Gasteiger partial charge in [-0.15, -0.1) is 0 Å². The molecule has 2 aromatic carbocycles. The summed E-state index contributed by atoms with van der Waals surface area (Å²) in [6.45, 7) is 0.267. The van der Waals surface area contributed by atoms with E-state index >= 15 is 0 Å². The molecule has 2 rings (SSSR count). The summed E-state index contributed by atoms with van der Waals surface area (Å²) < 4.78 is 5.47. The van der Waals surface area contributed by atoms with E-state index in [0.717, 1.165) is 0 Å². The van der Waals surface area contributed by atoms with E-state index in [-0.39, 0.29) is 24.6 Å². The van der Waals surface area contributed by atoms with E-state index < -0.39 is 10.8 Å². The first-order chi connectivity index (χ1) is 13.8. The maximum atomic E-state index is 11.7. The number of amides is 2. The average Bonchev–Trinajstić information content (AvgIpc) is 2.69. The van der Waals surface area contributed by atoms with Crippen molar-refractivity contribution < 1.29 is 19.2 Å². The fourth-order valence-corrected chi connectivity index (χ4v) is 2.58. The minimum Gasteiger partial charge on any atom is -0.492 e. The third-order valence-corrected chi connectivity index (χ3v) is 4.09. The molecule has 0 aliphatic carbocycles. The normalized spacial score (nSPS) is 10.6. The van der Waals surface area contributed by atoms with E-state index in [9.17, 15) is 19.7 Å². The summed E-state index contributed by atoms with van der Waals surface area (Å²) >= 11 is 11.8. The zero-order valence-electron chi connectivity index (χ0n) is 15.1. The van der Waals surface area contributed by atoms with E-state index in [1.54, 1.807) is 18.2 Å². The van der Waals surface area contributed by atoms with Crippen molar-refractivity contribution in [1.82, 2.24) is 10.9 Å². The largest absolute Gasteiger partial charge is 0.492 e. The van der Waals surface area contributed by atoms with Crippen molar-refractivity contribution in [2.45, 2.75) is 12.8 Å². The van der Waals surface area contributed by atoms with Crippen molar-refractivity contribution in [1.29, 1.82) is 0 Å². The van der Waals surface area contributed by atoms with Gasteiger partial charge in [-0.25, -0.2) is 0 Å². The molecule has 2 N–H and O–H groups in total. The van der Waals surface area contributed by atoms with E-state index in [1.165, 1.54) is 36.4 Å². The Bertz CT molecular complexity index is 917. The SMILES string of the molecule is O=C(/C=C/c1ccc([N+](=O)[O-])cc1)NNC(=O)CCCOc1ccc(Cl)cc1Cl. The van der Waals surface area contributed by atoms with Crippen LogP contribution in [0.2, 0.25) is 10.0 Å². The fourth-order valence-electron chi connectivity index (χ4n) is 2.12. The number of nitro benzene ring substituents is 1. The number of rotatable bonds is 8. The van der Waals surface area contributed by atoms with Crippen LogP contribution in [0.25, 0.3) is 6.08 Å². The Labute approximate surface area is 176 Å². The molecule has 0 aromatic heterocycles. The van der Waals surface area contributed by atoms with Crippen LogP contribution in [-0.2, 0) is 9.59 Å². The number of nitrogens with zero attached hydrogens (tertiary/aromatic N) is 1. The predicted octanol–water partition coefficient (Wildman–Crippen LogP) is 3.92. The monoisotopic (exact) mass is 437 g/mol. The van der Waals surface area contributed by atoms with Crippen LogP contribution >= 0.6 is 23.2 Å². The number of nitrogens with one attached hydrogen (secondary N) is 2. The van der Waals surface area contributed by atoms with Crippen LogP contribution in [-0.4, -0.2) is 23.3 Å². The highest BCUT2D eigenvalue weighted by atomic mass is 35.5. The van der Waals surface area contributed by atoms with Gasteiger partial charge in [0, 0.05) is 29.7 Å². The van der Waals surface area contributed by atoms with Gasteiger partial charge in [0.05, 0.1) is 16.6 Å². The molecule has 0 spiro atoms. The van der Waals surface area contributed by atoms with Gasteiger partial charge in [-0.2, -0.15) is 0 Å². The minimum absolute atomic E-state index is 0.0406. The average molecular weight is 438 g/mol. The number of non-ortho nitro benzene ring substituents is 1. The van der Waals surface area contributed by atoms with Gasteiger partial charge in [-0.1, -0.05) is 23.2 Å². The van der Waals surface area contributed by atoms with Crippen LogP contribution in [0.1, 0.15) is 18.4 Å². The van der Waals surface area contributed by atoms with Gasteiger partial charge in [0.2, 0.25) is 5.91 Å². The van der Waals surface area contributed by atoms with Crippen LogP contribution in [0.4, 0.5) is 5.69 Å². The number of carbonyl (C=O) groups is 2. The maximum Gasteiger partial charge on any atom is 0.269 e. The molecule has 0 fully saturated rings. The molecule has 29 heavy (non-hydrogen) atoms. The molecular weight excluding hydrogens is 421 g/mol. The van der Waals surface area contributed by atoms with Gasteiger partial charge in [-0.3, -0.25) is 30.6 Å². The summed E-state index contributed by atoms with van der Waals surface area (Å²) in [5, 5.41) is 11.5. The first-order valence-electron chi connectivity index (χ1n) is 8.44. The summed E-state index contributed by atoms with van der Waals surface area (Å²) in [6, 6.07) is 10.5. The number of carbonyl (C=O) groups excluding carboxylic acids is 2. The van der Waals surface area contributed by atoms with Crippen molar-refractivity contribution in [3.05, 3.63) is 74.3 Å². The standard InChI is InChI=1S/C19H17Cl2N3O5/c20-14-6-9-17(16(21)12-14)29-11-1-2-18(25)22-23-19(26)10-5-13-3-7-15(8-4-13)24(27)28/h3-10,12H,1-2,11H2,(H,22,25)(H,23,26)/b10-5+. The van der Waals surface area contributed by atoms with E-state index in [1.807, 2.05) is 0 Å². The van der Waals surface area contributed by atoms with Crippen LogP contribution in [0.5, 0.6) is 5.75 Å². The third-order valence-electron chi connectivity index (χ3n) is 3.56. The highest BCUT2D eigenvalue weighted by molar-refractivity contribution is 6.35. The molecule has 0 atom stereocenters. The molecule has 0 unspecified atom stereocenters. The molecule has 0 bridgehead atoms. The Hall–Kier alpha value is -3.10. The van der Waals surface area contributed by atoms with Crippen LogP contribution < -0.4 is 15.6 Å². The van der Waals surface area contributed by atoms with E-state index in [4.69, 9.17) is 27.9 Å². The molecule has 8 nitrogen and oxygen atoms in total. The van der Waals surface area contributed by atoms with Crippen molar-refractivity contribution in [2.75, 3.05) is 6.61 Å². The summed E-state index contributed by atoms with van der Waals surface area (Å²) in [4.78, 5) is 33.5. The Kier molecular flexibility index (Phi) is 8.45. The molecule has 0 heterocycles. The lowest BCUT2D eigenvalue weighted by molar-refractivity contribution is -0.384. The number of nitro groups is 1. The summed E-state index contributed by atoms with van der Waals surface area (Å²) in [5.41, 5.74) is 5.09. The van der Waals surface area contributed by atoms with Crippen LogP contribution in [0.3, 0.4) is 0 Å². The highest BCUT2D eigenvalue weighted by Gasteiger charge is 2.06. The Morgan fingerprint density at radius 1 is 1.10 bits per heavy atom. The fraction of sp³-hybridized carbons (Fsp3) is 0.158. The smallest absolute Gasteiger partial charge is 0.269 e. The zero-order valence-corrected chi connectivity index (χ0v) is 16.6. The number of hydrogen-bond donors (Lipinski definition) is 2. The van der Waals surface area contributed by atoms with Gasteiger partial charge in [0.25, 0.3) is 11.6 Å². The number of benzene rings is 2. The quantitative estimate of drug-likeness (QED) is 0.281. The lowest BCUT2D eigenvalue weighted by atomic mass is 10.2. The number of hydrogen-bond acceptors (Lipinski definition) is 5. The van der Waals surface area contributed by atoms with Crippen molar-refractivity contribution in [3.8, 4) is 5.75 Å². The Morgan fingerprint density at radius 3 is 2.48 bits per heavy atom. The van der Waals surface area contributed by atoms with E-state index in [0.29, 0.717) is 27.8 Å². The van der Waals surface area contributed by atoms with Gasteiger partial charge in [0.1, 0.15) is 5.75 Å². The summed E-state index contributed by atoms with van der Waals surface area (Å²) in [7, 11) is 0. The molecule has 2 aromatic rings. The molecular formula is C19H17Cl2N3O5. The molecule has 2 amide bonds. The summed E-state index contributed by atoms with van der Waals surface area (Å²) in [5.74, 6) is -0.449. The molecule has 0 saturated carbocycles. The van der Waals surface area contributed by atoms with Crippen LogP contribution in [0.15, 0.2) is 48.5 Å². The second-order valence-corrected chi connectivity index (χ2v) is 6.59. The topological polar surface area (TPSA) is 111 Å². The van der Waals surface area contributed by atoms with Gasteiger partial charge < -0.3 is 4.74 Å². The molecule has 10 heteroatoms. The molecule has 0 aliphatic rings. The predicted molar refractivity (Wildman–Crippen MR) is 110 cm³/mol. The second-order valence-electron chi connectivity index (χ2n) is 5.75. The zero-order chi connectivity index (χ0) is 21.2. The first-order valence-corrected chi connectivity index (χ1v) is 9.20. The Morgan fingerprint density at radius 2 is 1.83 bits per heavy atom. The third kappa shape index (κ3) is 7.81. The highest BCUT2D eigenvalue weighted by Crippen LogP contribution is 2.27. The minimum atomic E-state index is -0.541. The Balaban J connectivity index is 1.66. The van der Waals surface area contributed by atoms with Crippen molar-refractivity contribution in [2.24, 2.45) is 0 Å². The number of hydrazine groups is 1. The lowest BCUT2D eigenvalue weighted by Crippen LogP contribution is -2.40. The second kappa shape index (κ2) is 11.0. The number of halogens is 2. The first kappa shape index (κ1) is 22.2. The van der Waals surface area contributed by atoms with Crippen molar-refractivity contribution in [3.63, 3.8) is 0 Å².